The van der Waals surface area contributed by atoms with E-state index in [0.29, 0.717) is 34.5 Å². The van der Waals surface area contributed by atoms with Crippen molar-refractivity contribution in [2.24, 2.45) is 0 Å². The number of hydrogen-bond donors (Lipinski definition) is 3. The van der Waals surface area contributed by atoms with Crippen molar-refractivity contribution in [1.29, 1.82) is 0 Å². The summed E-state index contributed by atoms with van der Waals surface area (Å²) >= 11 is 0. The fraction of sp³-hybridized carbons (Fsp3) is 0.143. The summed E-state index contributed by atoms with van der Waals surface area (Å²) in [5.41, 5.74) is 0. The molecule has 16 heteroatoms. The molecule has 0 bridgehead atoms. The highest BCUT2D eigenvalue weighted by molar-refractivity contribution is 7.90. The Kier molecular flexibility index (Phi) is 14.3. The minimum absolute atomic E-state index is 0.0281. The first-order chi connectivity index (χ1) is 27.9. The topological polar surface area (TPSA) is 169 Å². The lowest BCUT2D eigenvalue weighted by Gasteiger charge is -2.23. The lowest BCUT2D eigenvalue weighted by atomic mass is 10.3. The normalized spacial score (nSPS) is 11.9. The summed E-state index contributed by atoms with van der Waals surface area (Å²) in [4.78, 5) is 1.83. The largest absolute Gasteiger partial charge is 0.457 e. The van der Waals surface area contributed by atoms with Gasteiger partial charge in [-0.15, -0.1) is 0 Å². The second-order valence-corrected chi connectivity index (χ2v) is 18.0. The maximum Gasteiger partial charge on any atom is 0.240 e. The van der Waals surface area contributed by atoms with Crippen molar-refractivity contribution >= 4 is 30.1 Å². The van der Waals surface area contributed by atoms with Gasteiger partial charge in [0.2, 0.25) is 30.1 Å². The van der Waals surface area contributed by atoms with Crippen LogP contribution >= 0.6 is 0 Å². The van der Waals surface area contributed by atoms with Gasteiger partial charge in [0.25, 0.3) is 0 Å². The molecule has 6 aromatic carbocycles. The van der Waals surface area contributed by atoms with Crippen molar-refractivity contribution in [3.8, 4) is 34.5 Å². The maximum atomic E-state index is 13.2. The van der Waals surface area contributed by atoms with Gasteiger partial charge >= 0.3 is 0 Å². The van der Waals surface area contributed by atoms with Crippen LogP contribution in [0.2, 0.25) is 0 Å². The van der Waals surface area contributed by atoms with E-state index in [0.717, 1.165) is 0 Å². The molecule has 0 fully saturated rings. The Bertz CT molecular complexity index is 2240. The van der Waals surface area contributed by atoms with Crippen molar-refractivity contribution in [2.75, 3.05) is 39.3 Å². The third-order valence-electron chi connectivity index (χ3n) is 8.50. The molecule has 0 aromatic heterocycles. The molecule has 0 saturated heterocycles. The number of rotatable bonds is 21. The highest BCUT2D eigenvalue weighted by Crippen LogP contribution is 2.25. The molecule has 0 heterocycles. The fourth-order valence-corrected chi connectivity index (χ4v) is 8.60. The average molecular weight is 843 g/mol. The first kappa shape index (κ1) is 42.0. The number of sulfonamides is 3. The number of benzene rings is 6. The Morgan fingerprint density at radius 2 is 0.552 bits per heavy atom. The highest BCUT2D eigenvalue weighted by atomic mass is 32.2. The van der Waals surface area contributed by atoms with Crippen LogP contribution in [0.4, 0.5) is 0 Å². The third-order valence-corrected chi connectivity index (χ3v) is 12.9. The zero-order chi connectivity index (χ0) is 40.9. The molecule has 6 aromatic rings. The standard InChI is InChI=1S/C42H42N4O9S3/c47-56(48,40-22-16-37(17-23-40)53-34-10-4-1-5-11-34)43-28-31-46(32-29-44-57(49,50)41-24-18-38(19-25-41)54-35-12-6-2-7-13-35)33-30-45-58(51,52)42-26-20-39(21-27-42)55-36-14-8-3-9-15-36/h1-27,43-45H,28-33H2. The van der Waals surface area contributed by atoms with E-state index in [-0.39, 0.29) is 54.0 Å². The Labute approximate surface area is 339 Å². The van der Waals surface area contributed by atoms with Crippen molar-refractivity contribution in [1.82, 2.24) is 19.1 Å². The molecule has 0 radical (unpaired) electrons. The predicted molar refractivity (Wildman–Crippen MR) is 221 cm³/mol. The summed E-state index contributed by atoms with van der Waals surface area (Å²) in [6, 6.07) is 45.2. The highest BCUT2D eigenvalue weighted by Gasteiger charge is 2.19. The first-order valence-corrected chi connectivity index (χ1v) is 22.6. The molecule has 3 N–H and O–H groups in total. The number of nitrogens with zero attached hydrogens (tertiary/aromatic N) is 1. The van der Waals surface area contributed by atoms with Crippen LogP contribution in [0.5, 0.6) is 34.5 Å². The summed E-state index contributed by atoms with van der Waals surface area (Å²) in [6.07, 6.45) is 0. The number of ether oxygens (including phenoxy) is 3. The Morgan fingerprint density at radius 1 is 0.328 bits per heavy atom. The zero-order valence-electron chi connectivity index (χ0n) is 31.2. The number of hydrogen-bond acceptors (Lipinski definition) is 10. The smallest absolute Gasteiger partial charge is 0.240 e. The summed E-state index contributed by atoms with van der Waals surface area (Å²) in [5, 5.41) is 0. The van der Waals surface area contributed by atoms with Crippen LogP contribution in [0.25, 0.3) is 0 Å². The quantitative estimate of drug-likeness (QED) is 0.0718. The molecular formula is C42H42N4O9S3. The van der Waals surface area contributed by atoms with Gasteiger partial charge in [-0.2, -0.15) is 0 Å². The van der Waals surface area contributed by atoms with Crippen molar-refractivity contribution in [2.45, 2.75) is 14.7 Å². The van der Waals surface area contributed by atoms with Crippen LogP contribution in [0.15, 0.2) is 178 Å². The van der Waals surface area contributed by atoms with Gasteiger partial charge in [-0.25, -0.2) is 39.4 Å². The second-order valence-electron chi connectivity index (χ2n) is 12.7. The van der Waals surface area contributed by atoms with E-state index < -0.39 is 30.1 Å². The molecule has 0 saturated carbocycles. The minimum Gasteiger partial charge on any atom is -0.457 e. The average Bonchev–Trinajstić information content (AvgIpc) is 3.22. The van der Waals surface area contributed by atoms with Gasteiger partial charge < -0.3 is 14.2 Å². The van der Waals surface area contributed by atoms with Crippen molar-refractivity contribution in [3.05, 3.63) is 164 Å². The molecular weight excluding hydrogens is 801 g/mol. The minimum atomic E-state index is -3.93. The number of nitrogens with one attached hydrogen (secondary N) is 3. The van der Waals surface area contributed by atoms with E-state index in [1.165, 1.54) is 36.4 Å². The molecule has 13 nitrogen and oxygen atoms in total. The molecule has 0 amide bonds. The van der Waals surface area contributed by atoms with Crippen LogP contribution in [-0.4, -0.2) is 69.4 Å². The summed E-state index contributed by atoms with van der Waals surface area (Å²) in [5.74, 6) is 3.23. The van der Waals surface area contributed by atoms with Crippen molar-refractivity contribution < 1.29 is 39.5 Å². The van der Waals surface area contributed by atoms with E-state index in [1.807, 2.05) is 54.6 Å². The molecule has 58 heavy (non-hydrogen) atoms. The van der Waals surface area contributed by atoms with E-state index in [9.17, 15) is 25.3 Å². The van der Waals surface area contributed by atoms with Crippen LogP contribution in [-0.2, 0) is 30.1 Å². The van der Waals surface area contributed by atoms with E-state index in [4.69, 9.17) is 14.2 Å². The van der Waals surface area contributed by atoms with Gasteiger partial charge in [0, 0.05) is 39.3 Å². The third kappa shape index (κ3) is 12.5. The van der Waals surface area contributed by atoms with Crippen molar-refractivity contribution in [3.63, 3.8) is 0 Å². The Morgan fingerprint density at radius 3 is 0.793 bits per heavy atom. The Balaban J connectivity index is 1.06. The first-order valence-electron chi connectivity index (χ1n) is 18.2. The maximum absolute atomic E-state index is 13.2. The van der Waals surface area contributed by atoms with E-state index in [2.05, 4.69) is 14.2 Å². The monoisotopic (exact) mass is 842 g/mol. The number of para-hydroxylation sites is 3. The Hall–Kier alpha value is -5.59. The van der Waals surface area contributed by atoms with Crippen LogP contribution in [0, 0.1) is 0 Å². The summed E-state index contributed by atoms with van der Waals surface area (Å²) in [7, 11) is -11.8. The fourth-order valence-electron chi connectivity index (χ4n) is 5.53. The zero-order valence-corrected chi connectivity index (χ0v) is 33.6. The van der Waals surface area contributed by atoms with Gasteiger partial charge in [-0.1, -0.05) is 54.6 Å². The van der Waals surface area contributed by atoms with Crippen LogP contribution in [0.3, 0.4) is 0 Å². The molecule has 0 atom stereocenters. The van der Waals surface area contributed by atoms with Gasteiger partial charge in [0.05, 0.1) is 14.7 Å². The van der Waals surface area contributed by atoms with Gasteiger partial charge in [0.1, 0.15) is 34.5 Å². The van der Waals surface area contributed by atoms with Gasteiger partial charge in [-0.05, 0) is 109 Å². The van der Waals surface area contributed by atoms with E-state index >= 15 is 0 Å². The van der Waals surface area contributed by atoms with Gasteiger partial charge in [0.15, 0.2) is 0 Å². The molecule has 0 aliphatic heterocycles. The predicted octanol–water partition coefficient (Wildman–Crippen LogP) is 6.60. The molecule has 6 rings (SSSR count). The molecule has 0 aliphatic carbocycles. The van der Waals surface area contributed by atoms with Gasteiger partial charge in [-0.3, -0.25) is 4.90 Å². The lowest BCUT2D eigenvalue weighted by Crippen LogP contribution is -2.43. The van der Waals surface area contributed by atoms with Crippen LogP contribution in [0.1, 0.15) is 0 Å². The second kappa shape index (κ2) is 19.7. The molecule has 0 aliphatic rings. The molecule has 0 unspecified atom stereocenters. The molecule has 302 valence electrons. The molecule has 0 spiro atoms. The lowest BCUT2D eigenvalue weighted by molar-refractivity contribution is 0.287. The summed E-state index contributed by atoms with van der Waals surface area (Å²) < 4.78 is 104. The summed E-state index contributed by atoms with van der Waals surface area (Å²) in [6.45, 7) is 0.264. The SMILES string of the molecule is O=S(=O)(NCCN(CCNS(=O)(=O)c1ccc(Oc2ccccc2)cc1)CCNS(=O)(=O)c1ccc(Oc2ccccc2)cc1)c1ccc(Oc2ccccc2)cc1. The van der Waals surface area contributed by atoms with Crippen LogP contribution < -0.4 is 28.4 Å². The van der Waals surface area contributed by atoms with E-state index in [1.54, 1.807) is 77.7 Å².